The molecule has 1 saturated heterocycles. The van der Waals surface area contributed by atoms with Gasteiger partial charge >= 0.3 is 5.97 Å². The third-order valence-electron chi connectivity index (χ3n) is 5.41. The molecule has 0 bridgehead atoms. The van der Waals surface area contributed by atoms with Crippen molar-refractivity contribution in [2.24, 2.45) is 5.92 Å². The summed E-state index contributed by atoms with van der Waals surface area (Å²) in [7, 11) is 0. The van der Waals surface area contributed by atoms with E-state index in [1.54, 1.807) is 11.8 Å². The Bertz CT molecular complexity index is 549. The minimum absolute atomic E-state index is 0.0917. The molecule has 140 valence electrons. The van der Waals surface area contributed by atoms with Gasteiger partial charge in [0.2, 0.25) is 0 Å². The molecule has 1 atom stereocenters. The molecule has 1 unspecified atom stereocenters. The average Bonchev–Trinajstić information content (AvgIpc) is 3.11. The van der Waals surface area contributed by atoms with Crippen LogP contribution in [0.2, 0.25) is 0 Å². The molecule has 3 rings (SSSR count). The van der Waals surface area contributed by atoms with E-state index in [0.717, 1.165) is 44.2 Å². The normalized spacial score (nSPS) is 25.5. The van der Waals surface area contributed by atoms with Crippen LogP contribution in [0.1, 0.15) is 39.5 Å². The number of hydrogen-bond donors (Lipinski definition) is 1. The van der Waals surface area contributed by atoms with Gasteiger partial charge in [-0.1, -0.05) is 19.8 Å². The van der Waals surface area contributed by atoms with Crippen LogP contribution in [-0.2, 0) is 9.53 Å². The zero-order chi connectivity index (χ0) is 17.8. The van der Waals surface area contributed by atoms with Gasteiger partial charge in [-0.15, -0.1) is 11.8 Å². The Labute approximate surface area is 155 Å². The molecule has 1 saturated carbocycles. The van der Waals surface area contributed by atoms with Crippen LogP contribution < -0.4 is 0 Å². The van der Waals surface area contributed by atoms with E-state index in [2.05, 4.69) is 22.8 Å². The van der Waals surface area contributed by atoms with E-state index < -0.39 is 5.97 Å². The van der Waals surface area contributed by atoms with Crippen molar-refractivity contribution >= 4 is 17.7 Å². The van der Waals surface area contributed by atoms with Gasteiger partial charge in [-0.25, -0.2) is 4.79 Å². The molecule has 0 aromatic heterocycles. The monoisotopic (exact) mass is 366 g/mol. The number of carboxylic acid groups (broad SMARTS) is 1. The summed E-state index contributed by atoms with van der Waals surface area (Å²) in [5.74, 6) is 2.00. The van der Waals surface area contributed by atoms with E-state index in [0.29, 0.717) is 11.5 Å². The highest BCUT2D eigenvalue weighted by atomic mass is 32.2. The number of aliphatic carboxylic acids is 1. The molecule has 2 aliphatic heterocycles. The van der Waals surface area contributed by atoms with Gasteiger partial charge in [-0.05, 0) is 43.1 Å². The van der Waals surface area contributed by atoms with Crippen molar-refractivity contribution in [3.63, 3.8) is 0 Å². The first kappa shape index (κ1) is 18.6. The molecule has 25 heavy (non-hydrogen) atoms. The van der Waals surface area contributed by atoms with Crippen molar-refractivity contribution in [1.82, 2.24) is 9.80 Å². The Morgan fingerprint density at radius 1 is 1.32 bits per heavy atom. The minimum atomic E-state index is -0.780. The number of rotatable bonds is 6. The second kappa shape index (κ2) is 8.49. The summed E-state index contributed by atoms with van der Waals surface area (Å²) < 4.78 is 5.52. The summed E-state index contributed by atoms with van der Waals surface area (Å²) in [5, 5.41) is 9.73. The van der Waals surface area contributed by atoms with E-state index in [4.69, 9.17) is 4.74 Å². The number of carboxylic acids is 1. The van der Waals surface area contributed by atoms with Crippen LogP contribution in [0.25, 0.3) is 0 Å². The van der Waals surface area contributed by atoms with Crippen LogP contribution in [0.4, 0.5) is 0 Å². The largest absolute Gasteiger partial charge is 0.478 e. The quantitative estimate of drug-likeness (QED) is 0.779. The molecule has 0 aromatic rings. The van der Waals surface area contributed by atoms with Gasteiger partial charge in [0.15, 0.2) is 0 Å². The number of hydrogen-bond acceptors (Lipinski definition) is 5. The maximum atomic E-state index is 12.0. The van der Waals surface area contributed by atoms with Gasteiger partial charge in [-0.2, -0.15) is 0 Å². The van der Waals surface area contributed by atoms with Crippen LogP contribution in [0.3, 0.4) is 0 Å². The lowest BCUT2D eigenvalue weighted by Gasteiger charge is -2.45. The Hall–Kier alpha value is -1.14. The smallest absolute Gasteiger partial charge is 0.334 e. The van der Waals surface area contributed by atoms with Gasteiger partial charge in [0, 0.05) is 19.6 Å². The third-order valence-corrected chi connectivity index (χ3v) is 6.55. The number of thioether (sulfide) groups is 1. The summed E-state index contributed by atoms with van der Waals surface area (Å²) in [6.07, 6.45) is 7.24. The Kier molecular flexibility index (Phi) is 6.34. The molecular weight excluding hydrogens is 336 g/mol. The maximum absolute atomic E-state index is 12.0. The second-order valence-corrected chi connectivity index (χ2v) is 8.47. The first-order valence-corrected chi connectivity index (χ1v) is 10.5. The van der Waals surface area contributed by atoms with Gasteiger partial charge < -0.3 is 19.6 Å². The minimum Gasteiger partial charge on any atom is -0.478 e. The topological polar surface area (TPSA) is 53.0 Å². The highest BCUT2D eigenvalue weighted by Gasteiger charge is 2.37. The van der Waals surface area contributed by atoms with E-state index in [1.807, 2.05) is 6.92 Å². The first-order chi connectivity index (χ1) is 12.1. The van der Waals surface area contributed by atoms with Crippen LogP contribution in [0, 0.1) is 5.92 Å². The van der Waals surface area contributed by atoms with Crippen LogP contribution in [0.5, 0.6) is 0 Å². The van der Waals surface area contributed by atoms with Crippen molar-refractivity contribution in [1.29, 1.82) is 0 Å². The molecule has 3 aliphatic rings. The molecule has 2 fully saturated rings. The van der Waals surface area contributed by atoms with E-state index in [9.17, 15) is 9.90 Å². The van der Waals surface area contributed by atoms with Gasteiger partial charge in [-0.3, -0.25) is 0 Å². The zero-order valence-corrected chi connectivity index (χ0v) is 16.2. The van der Waals surface area contributed by atoms with Crippen LogP contribution in [0.15, 0.2) is 23.0 Å². The fraction of sp³-hybridized carbons (Fsp3) is 0.737. The molecule has 0 amide bonds. The number of allylic oxidation sites excluding steroid dienone is 2. The van der Waals surface area contributed by atoms with E-state index >= 15 is 0 Å². The highest BCUT2D eigenvalue weighted by Crippen LogP contribution is 2.38. The fourth-order valence-corrected chi connectivity index (χ4v) is 5.30. The van der Waals surface area contributed by atoms with Gasteiger partial charge in [0.1, 0.15) is 11.2 Å². The third kappa shape index (κ3) is 4.17. The predicted molar refractivity (Wildman–Crippen MR) is 101 cm³/mol. The summed E-state index contributed by atoms with van der Waals surface area (Å²) in [6.45, 7) is 8.27. The van der Waals surface area contributed by atoms with Crippen LogP contribution in [-0.4, -0.2) is 64.9 Å². The zero-order valence-electron chi connectivity index (χ0n) is 15.4. The molecule has 1 aliphatic carbocycles. The number of morpholine rings is 1. The number of nitrogens with zero attached hydrogens (tertiary/aromatic N) is 2. The van der Waals surface area contributed by atoms with E-state index in [-0.39, 0.29) is 5.37 Å². The molecule has 0 spiro atoms. The molecule has 5 nitrogen and oxygen atoms in total. The molecular formula is C19H30N2O3S. The Morgan fingerprint density at radius 2 is 2.00 bits per heavy atom. The van der Waals surface area contributed by atoms with Crippen molar-refractivity contribution in [2.45, 2.75) is 44.9 Å². The standard InChI is InChI=1S/C19H30N2O3S/c1-3-25-18-17(19(22)23)14(2)12-16(20-8-10-24-11-9-20)21(18)13-15-6-4-5-7-15/h12,15,18H,3-11,13H2,1-2H3,(H,22,23). The lowest BCUT2D eigenvalue weighted by molar-refractivity contribution is -0.133. The molecule has 1 N–H and O–H groups in total. The van der Waals surface area contributed by atoms with Gasteiger partial charge in [0.25, 0.3) is 0 Å². The average molecular weight is 367 g/mol. The molecule has 6 heteroatoms. The first-order valence-electron chi connectivity index (χ1n) is 9.48. The summed E-state index contributed by atoms with van der Waals surface area (Å²) in [6, 6.07) is 0. The highest BCUT2D eigenvalue weighted by molar-refractivity contribution is 8.00. The van der Waals surface area contributed by atoms with Crippen molar-refractivity contribution < 1.29 is 14.6 Å². The lowest BCUT2D eigenvalue weighted by atomic mass is 10.0. The number of ether oxygens (including phenoxy) is 1. The Balaban J connectivity index is 1.93. The summed E-state index contributed by atoms with van der Waals surface area (Å²) in [4.78, 5) is 16.7. The second-order valence-electron chi connectivity index (χ2n) is 7.11. The Morgan fingerprint density at radius 3 is 2.60 bits per heavy atom. The lowest BCUT2D eigenvalue weighted by Crippen LogP contribution is -2.49. The van der Waals surface area contributed by atoms with Crippen molar-refractivity contribution in [2.75, 3.05) is 38.6 Å². The molecule has 0 aromatic carbocycles. The molecule has 0 radical (unpaired) electrons. The predicted octanol–water partition coefficient (Wildman–Crippen LogP) is 3.15. The van der Waals surface area contributed by atoms with Crippen LogP contribution >= 0.6 is 11.8 Å². The van der Waals surface area contributed by atoms with Crippen molar-refractivity contribution in [3.05, 3.63) is 23.0 Å². The van der Waals surface area contributed by atoms with E-state index in [1.165, 1.54) is 31.5 Å². The van der Waals surface area contributed by atoms with Gasteiger partial charge in [0.05, 0.1) is 18.8 Å². The summed E-state index contributed by atoms with van der Waals surface area (Å²) in [5.41, 5.74) is 1.45. The SMILES string of the molecule is CCSC1C(C(=O)O)=C(C)C=C(N2CCOCC2)N1CC1CCCC1. The molecule has 2 heterocycles. The number of carbonyl (C=O) groups is 1. The summed E-state index contributed by atoms with van der Waals surface area (Å²) >= 11 is 1.74. The van der Waals surface area contributed by atoms with Crippen molar-refractivity contribution in [3.8, 4) is 0 Å². The fourth-order valence-electron chi connectivity index (χ4n) is 4.16. The maximum Gasteiger partial charge on any atom is 0.334 e.